The van der Waals surface area contributed by atoms with E-state index in [1.807, 2.05) is 63.2 Å². The third-order valence-corrected chi connectivity index (χ3v) is 4.59. The average molecular weight is 404 g/mol. The predicted octanol–water partition coefficient (Wildman–Crippen LogP) is 3.46. The maximum absolute atomic E-state index is 12.5. The molecule has 8 heteroatoms. The van der Waals surface area contributed by atoms with Crippen molar-refractivity contribution in [3.8, 4) is 5.88 Å². The molecule has 0 fully saturated rings. The number of hydrogen-bond acceptors (Lipinski definition) is 6. The third kappa shape index (κ3) is 4.17. The molecule has 154 valence electrons. The molecule has 0 amide bonds. The first-order chi connectivity index (χ1) is 14.4. The van der Waals surface area contributed by atoms with E-state index >= 15 is 0 Å². The second kappa shape index (κ2) is 7.98. The number of nitrogens with one attached hydrogen (secondary N) is 2. The van der Waals surface area contributed by atoms with Crippen LogP contribution >= 0.6 is 0 Å². The van der Waals surface area contributed by atoms with Crippen LogP contribution in [0.4, 0.5) is 5.95 Å². The van der Waals surface area contributed by atoms with Gasteiger partial charge in [-0.15, -0.1) is 0 Å². The van der Waals surface area contributed by atoms with Crippen LogP contribution in [0.3, 0.4) is 0 Å². The van der Waals surface area contributed by atoms with E-state index in [1.54, 1.807) is 17.1 Å². The largest absolute Gasteiger partial charge is 0.473 e. The number of pyridine rings is 1. The molecule has 3 heterocycles. The minimum Gasteiger partial charge on any atom is -0.473 e. The number of rotatable bonds is 6. The van der Waals surface area contributed by atoms with Crippen molar-refractivity contribution in [2.45, 2.75) is 39.5 Å². The number of nitrogens with zero attached hydrogens (tertiary/aromatic N) is 4. The molecular formula is C22H24N6O2. The Kier molecular flexibility index (Phi) is 5.22. The van der Waals surface area contributed by atoms with Crippen LogP contribution in [-0.4, -0.2) is 24.7 Å². The number of anilines is 1. The van der Waals surface area contributed by atoms with Crippen LogP contribution in [-0.2, 0) is 18.7 Å². The summed E-state index contributed by atoms with van der Waals surface area (Å²) in [6, 6.07) is 13.7. The van der Waals surface area contributed by atoms with Gasteiger partial charge in [-0.1, -0.05) is 36.4 Å². The summed E-state index contributed by atoms with van der Waals surface area (Å²) in [5.41, 5.74) is 1.95. The first-order valence-electron chi connectivity index (χ1n) is 9.75. The van der Waals surface area contributed by atoms with Gasteiger partial charge >= 0.3 is 0 Å². The van der Waals surface area contributed by atoms with Gasteiger partial charge in [-0.2, -0.15) is 10.1 Å². The normalized spacial score (nSPS) is 11.6. The number of aromatic amines is 1. The summed E-state index contributed by atoms with van der Waals surface area (Å²) in [4.78, 5) is 24.1. The van der Waals surface area contributed by atoms with Crippen LogP contribution in [0.5, 0.6) is 5.88 Å². The quantitative estimate of drug-likeness (QED) is 0.511. The van der Waals surface area contributed by atoms with E-state index in [9.17, 15) is 4.79 Å². The Morgan fingerprint density at radius 1 is 1.13 bits per heavy atom. The van der Waals surface area contributed by atoms with Gasteiger partial charge in [-0.3, -0.25) is 9.78 Å². The summed E-state index contributed by atoms with van der Waals surface area (Å²) in [6.07, 6.45) is 3.24. The molecule has 30 heavy (non-hydrogen) atoms. The number of H-pyrrole nitrogens is 1. The van der Waals surface area contributed by atoms with Gasteiger partial charge in [0.2, 0.25) is 11.8 Å². The molecule has 0 spiro atoms. The van der Waals surface area contributed by atoms with Gasteiger partial charge < -0.3 is 10.1 Å². The summed E-state index contributed by atoms with van der Waals surface area (Å²) < 4.78 is 7.65. The molecule has 0 saturated carbocycles. The lowest BCUT2D eigenvalue weighted by atomic mass is 10.1. The highest BCUT2D eigenvalue weighted by Gasteiger charge is 2.20. The molecule has 0 aliphatic heterocycles. The summed E-state index contributed by atoms with van der Waals surface area (Å²) in [6.45, 7) is 6.87. The first kappa shape index (κ1) is 19.6. The molecular weight excluding hydrogens is 380 g/mol. The van der Waals surface area contributed by atoms with E-state index in [1.165, 1.54) is 0 Å². The molecule has 3 aromatic heterocycles. The summed E-state index contributed by atoms with van der Waals surface area (Å²) in [5, 5.41) is 7.97. The molecule has 2 N–H and O–H groups in total. The van der Waals surface area contributed by atoms with E-state index in [0.29, 0.717) is 36.0 Å². The highest BCUT2D eigenvalue weighted by Crippen LogP contribution is 2.20. The van der Waals surface area contributed by atoms with Crippen LogP contribution in [0.1, 0.15) is 31.9 Å². The zero-order valence-electron chi connectivity index (χ0n) is 17.2. The second-order valence-corrected chi connectivity index (χ2v) is 7.97. The van der Waals surface area contributed by atoms with Crippen molar-refractivity contribution in [2.24, 2.45) is 0 Å². The minimum absolute atomic E-state index is 0.232. The summed E-state index contributed by atoms with van der Waals surface area (Å²) in [7, 11) is 0. The predicted molar refractivity (Wildman–Crippen MR) is 115 cm³/mol. The van der Waals surface area contributed by atoms with Crippen LogP contribution in [0.2, 0.25) is 0 Å². The fourth-order valence-corrected chi connectivity index (χ4v) is 3.09. The van der Waals surface area contributed by atoms with Gasteiger partial charge in [-0.05, 0) is 32.4 Å². The summed E-state index contributed by atoms with van der Waals surface area (Å²) in [5.74, 6) is 0.911. The van der Waals surface area contributed by atoms with Crippen molar-refractivity contribution < 1.29 is 4.74 Å². The van der Waals surface area contributed by atoms with Gasteiger partial charge in [0, 0.05) is 18.3 Å². The van der Waals surface area contributed by atoms with E-state index in [-0.39, 0.29) is 11.1 Å². The van der Waals surface area contributed by atoms with Gasteiger partial charge in [0.1, 0.15) is 12.0 Å². The maximum Gasteiger partial charge on any atom is 0.263 e. The number of ether oxygens (including phenoxy) is 1. The Morgan fingerprint density at radius 3 is 2.70 bits per heavy atom. The van der Waals surface area contributed by atoms with Crippen molar-refractivity contribution in [1.29, 1.82) is 0 Å². The van der Waals surface area contributed by atoms with Gasteiger partial charge in [0.15, 0.2) is 5.65 Å². The summed E-state index contributed by atoms with van der Waals surface area (Å²) >= 11 is 0. The Morgan fingerprint density at radius 2 is 1.93 bits per heavy atom. The molecule has 4 rings (SSSR count). The van der Waals surface area contributed by atoms with Crippen molar-refractivity contribution in [3.63, 3.8) is 0 Å². The monoisotopic (exact) mass is 404 g/mol. The molecule has 0 radical (unpaired) electrons. The van der Waals surface area contributed by atoms with E-state index in [0.717, 1.165) is 11.1 Å². The molecule has 1 aromatic carbocycles. The third-order valence-electron chi connectivity index (χ3n) is 4.59. The molecule has 0 unspecified atom stereocenters. The number of hydrogen-bond donors (Lipinski definition) is 2. The van der Waals surface area contributed by atoms with Gasteiger partial charge in [-0.25, -0.2) is 9.67 Å². The van der Waals surface area contributed by atoms with Crippen molar-refractivity contribution in [2.75, 3.05) is 5.32 Å². The van der Waals surface area contributed by atoms with E-state index < -0.39 is 0 Å². The second-order valence-electron chi connectivity index (χ2n) is 7.97. The van der Waals surface area contributed by atoms with Gasteiger partial charge in [0.05, 0.1) is 11.7 Å². The van der Waals surface area contributed by atoms with E-state index in [4.69, 9.17) is 4.74 Å². The van der Waals surface area contributed by atoms with E-state index in [2.05, 4.69) is 25.4 Å². The van der Waals surface area contributed by atoms with Crippen LogP contribution in [0.25, 0.3) is 11.0 Å². The van der Waals surface area contributed by atoms with Crippen molar-refractivity contribution in [3.05, 3.63) is 76.3 Å². The lowest BCUT2D eigenvalue weighted by molar-refractivity contribution is 0.291. The van der Waals surface area contributed by atoms with Crippen LogP contribution < -0.4 is 15.6 Å². The SMILES string of the molecule is CC(C)(C)n1ncc2c(=O)[nH]c(NCc3cccnc3OCc3ccccc3)nc21. The number of aromatic nitrogens is 5. The highest BCUT2D eigenvalue weighted by molar-refractivity contribution is 5.74. The van der Waals surface area contributed by atoms with Crippen molar-refractivity contribution >= 4 is 17.0 Å². The van der Waals surface area contributed by atoms with Crippen LogP contribution in [0.15, 0.2) is 59.7 Å². The molecule has 0 aliphatic carbocycles. The number of benzene rings is 1. The van der Waals surface area contributed by atoms with Crippen LogP contribution in [0, 0.1) is 0 Å². The molecule has 0 aliphatic rings. The Balaban J connectivity index is 1.54. The standard InChI is InChI=1S/C22H24N6O2/c1-22(2,3)28-18-17(13-25-28)19(29)27-21(26-18)24-12-16-10-7-11-23-20(16)30-14-15-8-5-4-6-9-15/h4-11,13H,12,14H2,1-3H3,(H2,24,26,27,29). The molecule has 0 saturated heterocycles. The van der Waals surface area contributed by atoms with Crippen molar-refractivity contribution in [1.82, 2.24) is 24.7 Å². The molecule has 0 atom stereocenters. The molecule has 8 nitrogen and oxygen atoms in total. The Bertz CT molecular complexity index is 1210. The fourth-order valence-electron chi connectivity index (χ4n) is 3.09. The average Bonchev–Trinajstić information content (AvgIpc) is 3.17. The molecule has 0 bridgehead atoms. The highest BCUT2D eigenvalue weighted by atomic mass is 16.5. The maximum atomic E-state index is 12.5. The smallest absolute Gasteiger partial charge is 0.263 e. The topological polar surface area (TPSA) is 97.7 Å². The lowest BCUT2D eigenvalue weighted by Crippen LogP contribution is -2.24. The Hall–Kier alpha value is -3.68. The first-order valence-corrected chi connectivity index (χ1v) is 9.75. The Labute approximate surface area is 174 Å². The molecule has 4 aromatic rings. The number of fused-ring (bicyclic) bond motifs is 1. The zero-order chi connectivity index (χ0) is 21.1. The van der Waals surface area contributed by atoms with Gasteiger partial charge in [0.25, 0.3) is 5.56 Å². The zero-order valence-corrected chi connectivity index (χ0v) is 17.2. The fraction of sp³-hybridized carbons (Fsp3) is 0.273. The lowest BCUT2D eigenvalue weighted by Gasteiger charge is -2.19. The minimum atomic E-state index is -0.290.